The highest BCUT2D eigenvalue weighted by molar-refractivity contribution is 6.06. The number of fused-ring (bicyclic) bond motifs is 1. The van der Waals surface area contributed by atoms with Crippen molar-refractivity contribution in [3.8, 4) is 0 Å². The summed E-state index contributed by atoms with van der Waals surface area (Å²) in [5, 5.41) is 5.14. The lowest BCUT2D eigenvalue weighted by Crippen LogP contribution is -2.52. The molecule has 0 saturated carbocycles. The molecule has 2 aromatic rings. The predicted octanol–water partition coefficient (Wildman–Crippen LogP) is 1.89. The zero-order valence-corrected chi connectivity index (χ0v) is 18.2. The number of amides is 3. The lowest BCUT2D eigenvalue weighted by molar-refractivity contribution is -0.136. The van der Waals surface area contributed by atoms with Crippen LogP contribution in [0, 0.1) is 0 Å². The van der Waals surface area contributed by atoms with E-state index in [9.17, 15) is 14.4 Å². The number of hydrogen-bond donors (Lipinski definition) is 2. The molecule has 0 spiro atoms. The van der Waals surface area contributed by atoms with Crippen LogP contribution in [0.5, 0.6) is 0 Å². The van der Waals surface area contributed by atoms with E-state index in [1.54, 1.807) is 30.3 Å². The van der Waals surface area contributed by atoms with Gasteiger partial charge in [0.1, 0.15) is 6.02 Å². The quantitative estimate of drug-likeness (QED) is 0.652. The number of nitrogens with zero attached hydrogens (tertiary/aromatic N) is 2. The van der Waals surface area contributed by atoms with Gasteiger partial charge in [0.05, 0.1) is 17.3 Å². The van der Waals surface area contributed by atoms with Gasteiger partial charge >= 0.3 is 0 Å². The van der Waals surface area contributed by atoms with E-state index in [1.165, 1.54) is 0 Å². The summed E-state index contributed by atoms with van der Waals surface area (Å²) in [5.74, 6) is -1.76. The third-order valence-electron chi connectivity index (χ3n) is 6.24. The fourth-order valence-electron chi connectivity index (χ4n) is 4.45. The lowest BCUT2D eigenvalue weighted by Gasteiger charge is -2.29. The molecule has 1 atom stereocenters. The molecule has 2 N–H and O–H groups in total. The monoisotopic (exact) mass is 451 g/mol. The van der Waals surface area contributed by atoms with E-state index in [0.29, 0.717) is 42.1 Å². The number of nitrogens with one attached hydrogen (secondary N) is 2. The molecule has 3 aliphatic heterocycles. The maximum atomic E-state index is 13.2. The van der Waals surface area contributed by atoms with Gasteiger partial charge in [0, 0.05) is 55.9 Å². The molecule has 2 aromatic carbocycles. The lowest BCUT2D eigenvalue weighted by atomic mass is 10.0. The first-order valence-electron chi connectivity index (χ1n) is 12.6. The largest absolute Gasteiger partial charge is 0.381 e. The van der Waals surface area contributed by atoms with Crippen LogP contribution in [-0.2, 0) is 33.9 Å². The van der Waals surface area contributed by atoms with Crippen molar-refractivity contribution in [1.29, 1.82) is 0 Å². The average Bonchev–Trinajstić information content (AvgIpc) is 3.21. The second-order valence-corrected chi connectivity index (χ2v) is 8.34. The van der Waals surface area contributed by atoms with Crippen LogP contribution in [0.3, 0.4) is 0 Å². The Morgan fingerprint density at radius 1 is 1.09 bits per heavy atom. The molecule has 8 heteroatoms. The Hall–Kier alpha value is -3.23. The van der Waals surface area contributed by atoms with Gasteiger partial charge in [0.2, 0.25) is 11.8 Å². The smallest absolute Gasteiger partial charge is 0.255 e. The number of rotatable bonds is 6. The van der Waals surface area contributed by atoms with Gasteiger partial charge in [-0.15, -0.1) is 0 Å². The van der Waals surface area contributed by atoms with Crippen molar-refractivity contribution in [1.82, 2.24) is 15.1 Å². The third kappa shape index (κ3) is 4.49. The van der Waals surface area contributed by atoms with Crippen LogP contribution in [-0.4, -0.2) is 59.8 Å². The summed E-state index contributed by atoms with van der Waals surface area (Å²) in [6, 6.07) is 10.4. The van der Waals surface area contributed by atoms with Gasteiger partial charge in [-0.3, -0.25) is 24.6 Å². The van der Waals surface area contributed by atoms with Crippen molar-refractivity contribution in [2.24, 2.45) is 0 Å². The minimum atomic E-state index is -1.96. The highest BCUT2D eigenvalue weighted by atomic mass is 16.5. The number of benzene rings is 2. The fraction of sp³-hybridized carbons (Fsp3) is 0.400. The molecule has 172 valence electrons. The highest BCUT2D eigenvalue weighted by Gasteiger charge is 2.39. The van der Waals surface area contributed by atoms with E-state index < -0.39 is 30.2 Å². The molecule has 2 saturated heterocycles. The van der Waals surface area contributed by atoms with Gasteiger partial charge in [-0.25, -0.2) is 0 Å². The van der Waals surface area contributed by atoms with Crippen molar-refractivity contribution < 1.29 is 23.2 Å². The van der Waals surface area contributed by atoms with Crippen molar-refractivity contribution >= 4 is 23.4 Å². The van der Waals surface area contributed by atoms with Crippen LogP contribution < -0.4 is 10.6 Å². The number of piperidine rings is 1. The molecular formula is C25H28N4O4. The second-order valence-electron chi connectivity index (χ2n) is 8.34. The standard InChI is InChI=1S/C25H28N4O4/c30-23-9-8-22(24(31)27-23)29-16-20-19(25(29)32)6-3-7-21(20)26-14-17-4-1-2-5-18(17)15-28-10-12-33-13-11-28/h1-7,22,26H,8-16H2,(H,27,30,31)/i14D2,22D. The molecule has 0 aromatic heterocycles. The van der Waals surface area contributed by atoms with Crippen LogP contribution in [0.1, 0.15) is 44.0 Å². The zero-order chi connectivity index (χ0) is 25.5. The number of imide groups is 1. The van der Waals surface area contributed by atoms with Gasteiger partial charge < -0.3 is 15.0 Å². The van der Waals surface area contributed by atoms with E-state index in [-0.39, 0.29) is 19.4 Å². The molecule has 3 aliphatic rings. The summed E-state index contributed by atoms with van der Waals surface area (Å²) < 4.78 is 31.9. The van der Waals surface area contributed by atoms with Crippen molar-refractivity contribution in [2.45, 2.75) is 38.4 Å². The zero-order valence-electron chi connectivity index (χ0n) is 21.2. The first-order valence-corrected chi connectivity index (χ1v) is 11.1. The number of ether oxygens (including phenoxy) is 1. The Kier molecular flexibility index (Phi) is 5.15. The summed E-state index contributed by atoms with van der Waals surface area (Å²) in [4.78, 5) is 40.7. The Balaban J connectivity index is 1.41. The SMILES string of the molecule is [2H]C([2H])(Nc1cccc2c1CN(C1([2H])CCC(=O)NC1=O)C2=O)c1ccccc1CN1CCOCC1. The highest BCUT2D eigenvalue weighted by Crippen LogP contribution is 2.32. The predicted molar refractivity (Wildman–Crippen MR) is 122 cm³/mol. The molecule has 0 radical (unpaired) electrons. The van der Waals surface area contributed by atoms with Crippen molar-refractivity contribution in [3.63, 3.8) is 0 Å². The third-order valence-corrected chi connectivity index (χ3v) is 6.24. The molecule has 2 fully saturated rings. The second kappa shape index (κ2) is 9.33. The minimum absolute atomic E-state index is 0.0249. The van der Waals surface area contributed by atoms with E-state index in [4.69, 9.17) is 8.85 Å². The van der Waals surface area contributed by atoms with Crippen LogP contribution in [0.15, 0.2) is 42.5 Å². The molecular weight excluding hydrogens is 420 g/mol. The minimum Gasteiger partial charge on any atom is -0.381 e. The molecule has 0 bridgehead atoms. The number of carbonyl (C=O) groups is 3. The first kappa shape index (κ1) is 18.2. The fourth-order valence-corrected chi connectivity index (χ4v) is 4.45. The van der Waals surface area contributed by atoms with Gasteiger partial charge in [-0.2, -0.15) is 0 Å². The average molecular weight is 452 g/mol. The number of hydrogen-bond acceptors (Lipinski definition) is 6. The number of anilines is 1. The molecule has 33 heavy (non-hydrogen) atoms. The van der Waals surface area contributed by atoms with E-state index in [2.05, 4.69) is 15.5 Å². The summed E-state index contributed by atoms with van der Waals surface area (Å²) in [6.07, 6.45) is -0.112. The van der Waals surface area contributed by atoms with E-state index in [0.717, 1.165) is 23.6 Å². The Morgan fingerprint density at radius 3 is 2.67 bits per heavy atom. The molecule has 0 aliphatic carbocycles. The van der Waals surface area contributed by atoms with Gasteiger partial charge in [-0.05, 0) is 29.7 Å². The molecule has 1 unspecified atom stereocenters. The van der Waals surface area contributed by atoms with Crippen LogP contribution in [0.25, 0.3) is 0 Å². The summed E-state index contributed by atoms with van der Waals surface area (Å²) in [5.41, 5.74) is 2.61. The maximum Gasteiger partial charge on any atom is 0.255 e. The van der Waals surface area contributed by atoms with Crippen LogP contribution in [0.4, 0.5) is 5.69 Å². The maximum absolute atomic E-state index is 13.2. The molecule has 3 amide bonds. The normalized spacial score (nSPS) is 25.2. The molecule has 8 nitrogen and oxygen atoms in total. The number of morpholine rings is 1. The summed E-state index contributed by atoms with van der Waals surface area (Å²) in [6.45, 7) is 1.46. The van der Waals surface area contributed by atoms with Gasteiger partial charge in [0.25, 0.3) is 5.91 Å². The van der Waals surface area contributed by atoms with Crippen molar-refractivity contribution in [3.05, 3.63) is 64.7 Å². The van der Waals surface area contributed by atoms with Gasteiger partial charge in [-0.1, -0.05) is 30.3 Å². The topological polar surface area (TPSA) is 91.0 Å². The Labute approximate surface area is 197 Å². The molecule has 3 heterocycles. The summed E-state index contributed by atoms with van der Waals surface area (Å²) in [7, 11) is 0. The van der Waals surface area contributed by atoms with E-state index >= 15 is 0 Å². The molecule has 5 rings (SSSR count). The Bertz CT molecular complexity index is 1220. The first-order chi connectivity index (χ1) is 17.2. The number of carbonyl (C=O) groups excluding carboxylic acids is 3. The van der Waals surface area contributed by atoms with Crippen molar-refractivity contribution in [2.75, 3.05) is 31.6 Å². The van der Waals surface area contributed by atoms with Gasteiger partial charge in [0.15, 0.2) is 0 Å². The Morgan fingerprint density at radius 2 is 1.88 bits per heavy atom. The van der Waals surface area contributed by atoms with Crippen LogP contribution in [0.2, 0.25) is 0 Å². The van der Waals surface area contributed by atoms with Crippen LogP contribution >= 0.6 is 0 Å². The van der Waals surface area contributed by atoms with E-state index in [1.807, 2.05) is 12.1 Å². The summed E-state index contributed by atoms with van der Waals surface area (Å²) >= 11 is 0.